The summed E-state index contributed by atoms with van der Waals surface area (Å²) in [4.78, 5) is 11.0. The van der Waals surface area contributed by atoms with Crippen molar-refractivity contribution < 1.29 is 18.0 Å². The minimum Gasteiger partial charge on any atom is -0.398 e. The van der Waals surface area contributed by atoms with Crippen molar-refractivity contribution in [3.05, 3.63) is 29.3 Å². The van der Waals surface area contributed by atoms with Crippen LogP contribution in [-0.2, 0) is 11.0 Å². The van der Waals surface area contributed by atoms with Crippen molar-refractivity contribution in [3.63, 3.8) is 0 Å². The lowest BCUT2D eigenvalue weighted by atomic mass is 10.00. The summed E-state index contributed by atoms with van der Waals surface area (Å²) in [6, 6.07) is 3.30. The molecule has 0 aromatic heterocycles. The monoisotopic (exact) mass is 251 g/mol. The zero-order valence-electron chi connectivity index (χ0n) is 8.31. The van der Waals surface area contributed by atoms with Crippen LogP contribution in [-0.4, -0.2) is 5.78 Å². The van der Waals surface area contributed by atoms with Crippen LogP contribution in [0.4, 0.5) is 18.9 Å². The van der Waals surface area contributed by atoms with Gasteiger partial charge in [-0.05, 0) is 19.1 Å². The second kappa shape index (κ2) is 4.33. The number of halogens is 4. The molecule has 2 N–H and O–H groups in total. The Labute approximate surface area is 95.2 Å². The zero-order chi connectivity index (χ0) is 12.5. The van der Waals surface area contributed by atoms with Crippen molar-refractivity contribution in [1.29, 1.82) is 0 Å². The number of benzene rings is 1. The van der Waals surface area contributed by atoms with E-state index in [4.69, 9.17) is 17.3 Å². The molecule has 1 atom stereocenters. The van der Waals surface area contributed by atoms with Crippen LogP contribution in [0.15, 0.2) is 18.2 Å². The van der Waals surface area contributed by atoms with Gasteiger partial charge in [0.05, 0.1) is 5.56 Å². The van der Waals surface area contributed by atoms with Gasteiger partial charge >= 0.3 is 6.18 Å². The number of hydrogen-bond acceptors (Lipinski definition) is 2. The van der Waals surface area contributed by atoms with Crippen molar-refractivity contribution in [2.75, 3.05) is 5.73 Å². The van der Waals surface area contributed by atoms with Gasteiger partial charge in [0.15, 0.2) is 5.78 Å². The lowest BCUT2D eigenvalue weighted by molar-refractivity contribution is -0.138. The first kappa shape index (κ1) is 12.8. The number of ketones is 1. The van der Waals surface area contributed by atoms with E-state index in [0.717, 1.165) is 13.0 Å². The van der Waals surface area contributed by atoms with Crippen LogP contribution in [0.2, 0.25) is 0 Å². The van der Waals surface area contributed by atoms with E-state index in [0.29, 0.717) is 0 Å². The number of anilines is 1. The van der Waals surface area contributed by atoms with E-state index in [1.54, 1.807) is 0 Å². The maximum Gasteiger partial charge on any atom is 0.416 e. The van der Waals surface area contributed by atoms with Gasteiger partial charge in [-0.1, -0.05) is 6.07 Å². The Hall–Kier alpha value is -1.23. The molecule has 0 saturated carbocycles. The molecule has 1 aromatic carbocycles. The van der Waals surface area contributed by atoms with E-state index in [9.17, 15) is 18.0 Å². The molecule has 0 radical (unpaired) electrons. The number of carbonyl (C=O) groups is 1. The maximum atomic E-state index is 12.6. The Balaban J connectivity index is 3.41. The van der Waals surface area contributed by atoms with Crippen molar-refractivity contribution >= 4 is 23.1 Å². The van der Waals surface area contributed by atoms with Crippen LogP contribution in [0.3, 0.4) is 0 Å². The first-order valence-electron chi connectivity index (χ1n) is 4.35. The van der Waals surface area contributed by atoms with E-state index >= 15 is 0 Å². The number of Topliss-reactive ketones (excluding diaryl/α,β-unsaturated/α-hetero) is 1. The van der Waals surface area contributed by atoms with Gasteiger partial charge in [0.25, 0.3) is 0 Å². The molecule has 0 amide bonds. The second-order valence-electron chi connectivity index (χ2n) is 3.28. The van der Waals surface area contributed by atoms with Gasteiger partial charge in [-0.3, -0.25) is 4.79 Å². The predicted molar refractivity (Wildman–Crippen MR) is 55.1 cm³/mol. The van der Waals surface area contributed by atoms with Crippen LogP contribution in [0.25, 0.3) is 0 Å². The summed E-state index contributed by atoms with van der Waals surface area (Å²) in [5.74, 6) is -0.579. The van der Waals surface area contributed by atoms with E-state index in [2.05, 4.69) is 0 Å². The highest BCUT2D eigenvalue weighted by Gasteiger charge is 2.36. The fraction of sp³-hybridized carbons (Fsp3) is 0.300. The third-order valence-electron chi connectivity index (χ3n) is 2.06. The van der Waals surface area contributed by atoms with Gasteiger partial charge in [-0.15, -0.1) is 11.6 Å². The van der Waals surface area contributed by atoms with Crippen molar-refractivity contribution in [1.82, 2.24) is 0 Å². The average molecular weight is 252 g/mol. The summed E-state index contributed by atoms with van der Waals surface area (Å²) in [5, 5.41) is -1.38. The molecule has 0 aliphatic rings. The van der Waals surface area contributed by atoms with Gasteiger partial charge in [-0.2, -0.15) is 13.2 Å². The van der Waals surface area contributed by atoms with E-state index in [1.807, 2.05) is 0 Å². The summed E-state index contributed by atoms with van der Waals surface area (Å²) >= 11 is 5.63. The first-order valence-corrected chi connectivity index (χ1v) is 4.79. The number of nitrogens with two attached hydrogens (primary N) is 1. The molecule has 1 aromatic rings. The highest BCUT2D eigenvalue weighted by molar-refractivity contribution is 6.31. The third-order valence-corrected chi connectivity index (χ3v) is 2.58. The summed E-state index contributed by atoms with van der Waals surface area (Å²) in [5.41, 5.74) is 3.94. The Bertz CT molecular complexity index is 417. The molecule has 1 unspecified atom stereocenters. The van der Waals surface area contributed by atoms with Gasteiger partial charge in [0.2, 0.25) is 0 Å². The molecule has 1 rings (SSSR count). The van der Waals surface area contributed by atoms with Crippen LogP contribution >= 0.6 is 11.6 Å². The zero-order valence-corrected chi connectivity index (χ0v) is 9.06. The molecule has 88 valence electrons. The smallest absolute Gasteiger partial charge is 0.398 e. The third kappa shape index (κ3) is 2.47. The van der Waals surface area contributed by atoms with E-state index in [1.165, 1.54) is 12.1 Å². The molecular weight excluding hydrogens is 243 g/mol. The summed E-state index contributed by atoms with van der Waals surface area (Å²) in [6.45, 7) is 1.12. The number of rotatable bonds is 2. The quantitative estimate of drug-likeness (QED) is 0.648. The molecule has 2 nitrogen and oxygen atoms in total. The molecule has 0 fully saturated rings. The van der Waals surface area contributed by atoms with Gasteiger partial charge < -0.3 is 5.73 Å². The standard InChI is InChI=1S/C10H9ClF3NO/c1-5(16)9(11)8-6(10(12,13)14)3-2-4-7(8)15/h2-4,9H,15H2,1H3. The Morgan fingerprint density at radius 1 is 1.44 bits per heavy atom. The number of nitrogen functional groups attached to an aromatic ring is 1. The molecule has 6 heteroatoms. The minimum absolute atomic E-state index is 0.134. The molecule has 0 saturated heterocycles. The van der Waals surface area contributed by atoms with Crippen LogP contribution in [0.1, 0.15) is 23.4 Å². The summed E-state index contributed by atoms with van der Waals surface area (Å²) < 4.78 is 37.9. The molecule has 0 aliphatic carbocycles. The fourth-order valence-corrected chi connectivity index (χ4v) is 1.56. The second-order valence-corrected chi connectivity index (χ2v) is 3.72. The van der Waals surface area contributed by atoms with Crippen molar-refractivity contribution in [3.8, 4) is 0 Å². The summed E-state index contributed by atoms with van der Waals surface area (Å²) in [6.07, 6.45) is -4.58. The van der Waals surface area contributed by atoms with Crippen molar-refractivity contribution in [2.45, 2.75) is 18.5 Å². The SMILES string of the molecule is CC(=O)C(Cl)c1c(N)cccc1C(F)(F)F. The van der Waals surface area contributed by atoms with Gasteiger partial charge in [-0.25, -0.2) is 0 Å². The maximum absolute atomic E-state index is 12.6. The van der Waals surface area contributed by atoms with Crippen LogP contribution in [0.5, 0.6) is 0 Å². The molecule has 0 bridgehead atoms. The van der Waals surface area contributed by atoms with E-state index < -0.39 is 22.9 Å². The minimum atomic E-state index is -4.58. The largest absolute Gasteiger partial charge is 0.416 e. The molecule has 16 heavy (non-hydrogen) atoms. The Morgan fingerprint density at radius 3 is 2.44 bits per heavy atom. The fourth-order valence-electron chi connectivity index (χ4n) is 1.32. The molecule has 0 spiro atoms. The van der Waals surface area contributed by atoms with E-state index in [-0.39, 0.29) is 11.3 Å². The number of carbonyl (C=O) groups excluding carboxylic acids is 1. The topological polar surface area (TPSA) is 43.1 Å². The molecule has 0 aliphatic heterocycles. The summed E-state index contributed by atoms with van der Waals surface area (Å²) in [7, 11) is 0. The lowest BCUT2D eigenvalue weighted by Gasteiger charge is -2.17. The normalized spacial score (nSPS) is 13.6. The number of hydrogen-bond donors (Lipinski definition) is 1. The molecule has 0 heterocycles. The average Bonchev–Trinajstić information content (AvgIpc) is 2.14. The number of alkyl halides is 4. The first-order chi connectivity index (χ1) is 7.25. The highest BCUT2D eigenvalue weighted by Crippen LogP contribution is 2.39. The molecular formula is C10H9ClF3NO. The van der Waals surface area contributed by atoms with Crippen LogP contribution in [0, 0.1) is 0 Å². The van der Waals surface area contributed by atoms with Crippen LogP contribution < -0.4 is 5.73 Å². The Morgan fingerprint density at radius 2 is 2.00 bits per heavy atom. The van der Waals surface area contributed by atoms with Gasteiger partial charge in [0.1, 0.15) is 5.38 Å². The highest BCUT2D eigenvalue weighted by atomic mass is 35.5. The predicted octanol–water partition coefficient (Wildman–Crippen LogP) is 3.16. The lowest BCUT2D eigenvalue weighted by Crippen LogP contribution is -2.15. The van der Waals surface area contributed by atoms with Crippen molar-refractivity contribution in [2.24, 2.45) is 0 Å². The van der Waals surface area contributed by atoms with Gasteiger partial charge in [0, 0.05) is 11.3 Å². The Kier molecular flexibility index (Phi) is 3.48.